The number of nitrogens with one attached hydrogen (secondary N) is 1. The predicted molar refractivity (Wildman–Crippen MR) is 135 cm³/mol. The van der Waals surface area contributed by atoms with Gasteiger partial charge >= 0.3 is 0 Å². The van der Waals surface area contributed by atoms with Crippen molar-refractivity contribution in [3.05, 3.63) is 24.3 Å². The van der Waals surface area contributed by atoms with Gasteiger partial charge in [0.05, 0.1) is 0 Å². The van der Waals surface area contributed by atoms with Crippen LogP contribution in [0.3, 0.4) is 0 Å². The number of allylic oxidation sites excluding steroid dienone is 4. The molecule has 0 amide bonds. The maximum Gasteiger partial charge on any atom is -0.00489 e. The first-order valence-corrected chi connectivity index (χ1v) is 13.4. The predicted octanol–water partition coefficient (Wildman–Crippen LogP) is 9.53. The normalized spacial score (nSPS) is 11.9. The highest BCUT2D eigenvalue weighted by atomic mass is 14.8. The zero-order chi connectivity index (χ0) is 21.1. The van der Waals surface area contributed by atoms with Crippen molar-refractivity contribution in [2.24, 2.45) is 0 Å². The average Bonchev–Trinajstić information content (AvgIpc) is 2.74. The van der Waals surface area contributed by atoms with Gasteiger partial charge in [0.1, 0.15) is 0 Å². The summed E-state index contributed by atoms with van der Waals surface area (Å²) in [5, 5.41) is 3.64. The second-order valence-electron chi connectivity index (χ2n) is 8.80. The average molecular weight is 406 g/mol. The highest BCUT2D eigenvalue weighted by Gasteiger charge is 1.93. The minimum atomic E-state index is 1.23. The molecule has 1 N–H and O–H groups in total. The molecule has 0 bridgehead atoms. The van der Waals surface area contributed by atoms with Crippen LogP contribution in [0.15, 0.2) is 24.3 Å². The van der Waals surface area contributed by atoms with E-state index in [4.69, 9.17) is 0 Å². The Morgan fingerprint density at radius 2 is 0.690 bits per heavy atom. The molecule has 0 heterocycles. The third kappa shape index (κ3) is 27.4. The fourth-order valence-corrected chi connectivity index (χ4v) is 3.68. The van der Waals surface area contributed by atoms with E-state index in [1.807, 2.05) is 0 Å². The molecular weight excluding hydrogens is 350 g/mol. The van der Waals surface area contributed by atoms with Crippen LogP contribution in [0.1, 0.15) is 142 Å². The quantitative estimate of drug-likeness (QED) is 0.124. The molecule has 172 valence electrons. The van der Waals surface area contributed by atoms with Gasteiger partial charge in [0.2, 0.25) is 0 Å². The van der Waals surface area contributed by atoms with E-state index < -0.39 is 0 Å². The number of hydrogen-bond acceptors (Lipinski definition) is 1. The van der Waals surface area contributed by atoms with Crippen LogP contribution in [0, 0.1) is 0 Å². The molecule has 29 heavy (non-hydrogen) atoms. The molecule has 1 heteroatoms. The van der Waals surface area contributed by atoms with Crippen LogP contribution in [0.2, 0.25) is 0 Å². The van der Waals surface area contributed by atoms with E-state index in [0.717, 1.165) is 0 Å². The minimum absolute atomic E-state index is 1.23. The molecule has 0 saturated carbocycles. The molecule has 0 aromatic heterocycles. The first-order chi connectivity index (χ1) is 14.4. The van der Waals surface area contributed by atoms with E-state index in [1.54, 1.807) is 0 Å². The molecule has 0 aliphatic rings. The third-order valence-corrected chi connectivity index (χ3v) is 5.73. The smallest absolute Gasteiger partial charge is 0.00489 e. The Kier molecular flexibility index (Phi) is 26.9. The minimum Gasteiger partial charge on any atom is -0.317 e. The lowest BCUT2D eigenvalue weighted by Gasteiger charge is -2.05. The lowest BCUT2D eigenvalue weighted by Crippen LogP contribution is -2.16. The van der Waals surface area contributed by atoms with Gasteiger partial charge in [0.25, 0.3) is 0 Å². The molecule has 1 nitrogen and oxygen atoms in total. The molecule has 0 radical (unpaired) electrons. The number of hydrogen-bond donors (Lipinski definition) is 1. The van der Waals surface area contributed by atoms with Crippen LogP contribution in [-0.4, -0.2) is 13.1 Å². The third-order valence-electron chi connectivity index (χ3n) is 5.73. The van der Waals surface area contributed by atoms with E-state index in [0.29, 0.717) is 0 Å². The van der Waals surface area contributed by atoms with Gasteiger partial charge in [-0.2, -0.15) is 0 Å². The summed E-state index contributed by atoms with van der Waals surface area (Å²) in [7, 11) is 0. The highest BCUT2D eigenvalue weighted by Crippen LogP contribution is 2.09. The van der Waals surface area contributed by atoms with Crippen LogP contribution < -0.4 is 5.32 Å². The Morgan fingerprint density at radius 3 is 1.07 bits per heavy atom. The molecule has 0 saturated heterocycles. The van der Waals surface area contributed by atoms with E-state index in [9.17, 15) is 0 Å². The molecule has 0 aliphatic carbocycles. The Hall–Kier alpha value is -0.560. The van der Waals surface area contributed by atoms with Gasteiger partial charge in [-0.05, 0) is 64.5 Å². The van der Waals surface area contributed by atoms with E-state index in [2.05, 4.69) is 43.5 Å². The molecule has 0 rings (SSSR count). The summed E-state index contributed by atoms with van der Waals surface area (Å²) in [6, 6.07) is 0. The van der Waals surface area contributed by atoms with Crippen molar-refractivity contribution in [2.45, 2.75) is 142 Å². The summed E-state index contributed by atoms with van der Waals surface area (Å²) in [5.74, 6) is 0. The molecule has 0 unspecified atom stereocenters. The van der Waals surface area contributed by atoms with Crippen molar-refractivity contribution in [2.75, 3.05) is 13.1 Å². The second kappa shape index (κ2) is 27.4. The lowest BCUT2D eigenvalue weighted by molar-refractivity contribution is 0.540. The van der Waals surface area contributed by atoms with Crippen LogP contribution >= 0.6 is 0 Å². The summed E-state index contributed by atoms with van der Waals surface area (Å²) >= 11 is 0. The van der Waals surface area contributed by atoms with Crippen LogP contribution in [0.4, 0.5) is 0 Å². The molecule has 0 aromatic carbocycles. The number of rotatable bonds is 24. The Balaban J connectivity index is 3.05. The van der Waals surface area contributed by atoms with Gasteiger partial charge in [0, 0.05) is 0 Å². The Morgan fingerprint density at radius 1 is 0.379 bits per heavy atom. The van der Waals surface area contributed by atoms with Crippen molar-refractivity contribution >= 4 is 0 Å². The zero-order valence-electron chi connectivity index (χ0n) is 20.4. The van der Waals surface area contributed by atoms with Crippen molar-refractivity contribution in [1.29, 1.82) is 0 Å². The zero-order valence-corrected chi connectivity index (χ0v) is 20.4. The Labute approximate surface area is 185 Å². The highest BCUT2D eigenvalue weighted by molar-refractivity contribution is 4.81. The SMILES string of the molecule is CCCC/C=C\CCCCCCCCNCCCCCCCC/C=C\CCCC. The Bertz CT molecular complexity index is 299. The lowest BCUT2D eigenvalue weighted by atomic mass is 10.1. The maximum absolute atomic E-state index is 3.64. The molecule has 0 aromatic rings. The van der Waals surface area contributed by atoms with Crippen molar-refractivity contribution in [3.8, 4) is 0 Å². The molecular formula is C28H55N. The summed E-state index contributed by atoms with van der Waals surface area (Å²) in [4.78, 5) is 0. The summed E-state index contributed by atoms with van der Waals surface area (Å²) in [5.41, 5.74) is 0. The fraction of sp³-hybridized carbons (Fsp3) is 0.857. The van der Waals surface area contributed by atoms with Gasteiger partial charge in [-0.1, -0.05) is 115 Å². The molecule has 0 spiro atoms. The van der Waals surface area contributed by atoms with Gasteiger partial charge in [0.15, 0.2) is 0 Å². The summed E-state index contributed by atoms with van der Waals surface area (Å²) < 4.78 is 0. The van der Waals surface area contributed by atoms with Crippen LogP contribution in [0.25, 0.3) is 0 Å². The first-order valence-electron chi connectivity index (χ1n) is 13.4. The topological polar surface area (TPSA) is 12.0 Å². The molecule has 0 aliphatic heterocycles. The standard InChI is InChI=1S/C28H55N/c1-3-5-7-9-11-13-15-17-19-21-23-25-27-29-28-26-24-22-20-18-16-14-12-10-8-6-4-2/h9-12,29H,3-8,13-28H2,1-2H3/b11-9-,12-10-. The second-order valence-corrected chi connectivity index (χ2v) is 8.80. The van der Waals surface area contributed by atoms with Gasteiger partial charge in [-0.25, -0.2) is 0 Å². The van der Waals surface area contributed by atoms with E-state index >= 15 is 0 Å². The first kappa shape index (κ1) is 28.4. The van der Waals surface area contributed by atoms with Crippen molar-refractivity contribution in [3.63, 3.8) is 0 Å². The molecule has 0 fully saturated rings. The van der Waals surface area contributed by atoms with Crippen LogP contribution in [0.5, 0.6) is 0 Å². The summed E-state index contributed by atoms with van der Waals surface area (Å²) in [6.07, 6.45) is 36.9. The van der Waals surface area contributed by atoms with E-state index in [1.165, 1.54) is 142 Å². The van der Waals surface area contributed by atoms with Crippen molar-refractivity contribution in [1.82, 2.24) is 5.32 Å². The maximum atomic E-state index is 3.64. The van der Waals surface area contributed by atoms with Gasteiger partial charge in [-0.15, -0.1) is 0 Å². The van der Waals surface area contributed by atoms with Gasteiger partial charge in [-0.3, -0.25) is 0 Å². The van der Waals surface area contributed by atoms with Gasteiger partial charge < -0.3 is 5.32 Å². The van der Waals surface area contributed by atoms with Crippen LogP contribution in [-0.2, 0) is 0 Å². The fourth-order valence-electron chi connectivity index (χ4n) is 3.68. The largest absolute Gasteiger partial charge is 0.317 e. The number of unbranched alkanes of at least 4 members (excludes halogenated alkanes) is 16. The monoisotopic (exact) mass is 405 g/mol. The van der Waals surface area contributed by atoms with E-state index in [-0.39, 0.29) is 0 Å². The molecule has 0 atom stereocenters. The summed E-state index contributed by atoms with van der Waals surface area (Å²) in [6.45, 7) is 6.98. The van der Waals surface area contributed by atoms with Crippen molar-refractivity contribution < 1.29 is 0 Å².